The third-order valence-corrected chi connectivity index (χ3v) is 5.44. The summed E-state index contributed by atoms with van der Waals surface area (Å²) in [6, 6.07) is 19.1. The number of amides is 1. The highest BCUT2D eigenvalue weighted by molar-refractivity contribution is 7.89. The third kappa shape index (κ3) is 6.77. The summed E-state index contributed by atoms with van der Waals surface area (Å²) in [5.41, 5.74) is 10.2. The molecule has 0 bridgehead atoms. The normalized spacial score (nSPS) is 10.5. The Bertz CT molecular complexity index is 1170. The maximum absolute atomic E-state index is 11.4. The molecule has 0 radical (unpaired) electrons. The van der Waals surface area contributed by atoms with Crippen LogP contribution in [0.2, 0.25) is 0 Å². The Hall–Kier alpha value is -3.49. The molecule has 6 N–H and O–H groups in total. The van der Waals surface area contributed by atoms with Gasteiger partial charge < -0.3 is 11.1 Å². The van der Waals surface area contributed by atoms with E-state index >= 15 is 0 Å². The third-order valence-electron chi connectivity index (χ3n) is 4.53. The zero-order valence-corrected chi connectivity index (χ0v) is 18.2. The van der Waals surface area contributed by atoms with Crippen LogP contribution in [0.25, 0.3) is 0 Å². The van der Waals surface area contributed by atoms with E-state index in [9.17, 15) is 13.2 Å². The van der Waals surface area contributed by atoms with Crippen LogP contribution < -0.4 is 16.2 Å². The Labute approximate surface area is 182 Å². The smallest absolute Gasteiger partial charge is 0.238 e. The van der Waals surface area contributed by atoms with Crippen LogP contribution in [0.3, 0.4) is 0 Å². The van der Waals surface area contributed by atoms with Crippen LogP contribution in [0.4, 0.5) is 11.4 Å². The van der Waals surface area contributed by atoms with Crippen LogP contribution in [-0.4, -0.2) is 20.5 Å². The maximum atomic E-state index is 11.4. The molecule has 0 saturated carbocycles. The molecule has 0 aliphatic carbocycles. The van der Waals surface area contributed by atoms with Gasteiger partial charge in [-0.1, -0.05) is 48.9 Å². The number of carbonyl (C=O) groups is 1. The highest BCUT2D eigenvalue weighted by Gasteiger charge is 2.13. The largest absolute Gasteiger partial charge is 0.398 e. The number of hydrogen-bond acceptors (Lipinski definition) is 5. The second kappa shape index (κ2) is 10.5. The first-order valence-electron chi connectivity index (χ1n) is 9.53. The van der Waals surface area contributed by atoms with Crippen LogP contribution in [-0.2, 0) is 21.2 Å². The molecule has 162 valence electrons. The SMILES string of the molecule is CCc1ccc(C)cc1.N=C(c1cccc(S(N)(=O)=O)c1)c1cc(NC=O)ccc1N. The second-order valence-electron chi connectivity index (χ2n) is 6.85. The number of benzene rings is 3. The molecule has 0 heterocycles. The van der Waals surface area contributed by atoms with Crippen molar-refractivity contribution in [1.82, 2.24) is 0 Å². The zero-order chi connectivity index (χ0) is 23.0. The van der Waals surface area contributed by atoms with E-state index in [1.807, 2.05) is 0 Å². The number of hydrogen-bond donors (Lipinski definition) is 4. The molecule has 0 aliphatic heterocycles. The van der Waals surface area contributed by atoms with E-state index in [2.05, 4.69) is 43.4 Å². The van der Waals surface area contributed by atoms with E-state index in [4.69, 9.17) is 16.3 Å². The first kappa shape index (κ1) is 23.8. The Morgan fingerprint density at radius 1 is 1.06 bits per heavy atom. The van der Waals surface area contributed by atoms with Gasteiger partial charge in [0.15, 0.2) is 0 Å². The van der Waals surface area contributed by atoms with Crippen molar-refractivity contribution in [3.63, 3.8) is 0 Å². The summed E-state index contributed by atoms with van der Waals surface area (Å²) < 4.78 is 22.8. The van der Waals surface area contributed by atoms with Gasteiger partial charge in [-0.3, -0.25) is 10.2 Å². The van der Waals surface area contributed by atoms with E-state index in [1.165, 1.54) is 35.4 Å². The van der Waals surface area contributed by atoms with Gasteiger partial charge in [0.1, 0.15) is 0 Å². The summed E-state index contributed by atoms with van der Waals surface area (Å²) in [4.78, 5) is 10.4. The van der Waals surface area contributed by atoms with E-state index < -0.39 is 10.0 Å². The van der Waals surface area contributed by atoms with Crippen LogP contribution in [0.15, 0.2) is 71.6 Å². The molecule has 0 spiro atoms. The molecule has 7 nitrogen and oxygen atoms in total. The molecule has 0 saturated heterocycles. The minimum absolute atomic E-state index is 0.0255. The lowest BCUT2D eigenvalue weighted by atomic mass is 10.0. The number of nitrogen functional groups attached to an aromatic ring is 1. The molecular formula is C23H26N4O3S. The predicted octanol–water partition coefficient (Wildman–Crippen LogP) is 3.46. The fourth-order valence-electron chi connectivity index (χ4n) is 2.74. The molecule has 8 heteroatoms. The Morgan fingerprint density at radius 2 is 1.74 bits per heavy atom. The van der Waals surface area contributed by atoms with Crippen LogP contribution in [0, 0.1) is 12.3 Å². The lowest BCUT2D eigenvalue weighted by Crippen LogP contribution is -2.13. The molecule has 3 rings (SSSR count). The first-order chi connectivity index (χ1) is 14.7. The minimum atomic E-state index is -3.85. The lowest BCUT2D eigenvalue weighted by Gasteiger charge is -2.10. The number of primary sulfonamides is 1. The summed E-state index contributed by atoms with van der Waals surface area (Å²) in [6.45, 7) is 4.28. The summed E-state index contributed by atoms with van der Waals surface area (Å²) in [5.74, 6) is 0. The van der Waals surface area contributed by atoms with Gasteiger partial charge >= 0.3 is 0 Å². The van der Waals surface area contributed by atoms with Gasteiger partial charge in [-0.25, -0.2) is 13.6 Å². The molecule has 0 unspecified atom stereocenters. The van der Waals surface area contributed by atoms with Gasteiger partial charge in [-0.2, -0.15) is 0 Å². The van der Waals surface area contributed by atoms with Crippen LogP contribution in [0.5, 0.6) is 0 Å². The Kier molecular flexibility index (Phi) is 8.07. The van der Waals surface area contributed by atoms with E-state index in [0.717, 1.165) is 6.42 Å². The molecule has 0 aliphatic rings. The predicted molar refractivity (Wildman–Crippen MR) is 125 cm³/mol. The number of aryl methyl sites for hydroxylation is 2. The van der Waals surface area contributed by atoms with Crippen molar-refractivity contribution in [3.8, 4) is 0 Å². The Balaban J connectivity index is 0.000000316. The topological polar surface area (TPSA) is 139 Å². The van der Waals surface area contributed by atoms with Gasteiger partial charge in [-0.05, 0) is 49.2 Å². The van der Waals surface area contributed by atoms with Crippen LogP contribution in [0.1, 0.15) is 29.2 Å². The second-order valence-corrected chi connectivity index (χ2v) is 8.41. The highest BCUT2D eigenvalue weighted by atomic mass is 32.2. The van der Waals surface area contributed by atoms with Crippen LogP contribution >= 0.6 is 0 Å². The molecule has 31 heavy (non-hydrogen) atoms. The number of anilines is 2. The standard InChI is InChI=1S/C14H14N4O3S.C9H12/c15-13-5-4-10(18-8-19)7-12(13)14(16)9-2-1-3-11(6-9)22(17,20)21;1-3-9-6-4-8(2)5-7-9/h1-8,16H,15H2,(H,18,19)(H2,17,20,21);4-7H,3H2,1-2H3. The average molecular weight is 439 g/mol. The summed E-state index contributed by atoms with van der Waals surface area (Å²) in [7, 11) is -3.85. The van der Waals surface area contributed by atoms with Gasteiger partial charge in [-0.15, -0.1) is 0 Å². The van der Waals surface area contributed by atoms with Gasteiger partial charge in [0, 0.05) is 22.5 Å². The molecule has 1 amide bonds. The zero-order valence-electron chi connectivity index (χ0n) is 17.4. The van der Waals surface area contributed by atoms with Crippen molar-refractivity contribution in [2.75, 3.05) is 11.1 Å². The summed E-state index contributed by atoms with van der Waals surface area (Å²) >= 11 is 0. The van der Waals surface area contributed by atoms with Crippen molar-refractivity contribution in [3.05, 3.63) is 89.0 Å². The van der Waals surface area contributed by atoms with E-state index in [-0.39, 0.29) is 10.6 Å². The fourth-order valence-corrected chi connectivity index (χ4v) is 3.30. The molecule has 0 atom stereocenters. The van der Waals surface area contributed by atoms with Crippen molar-refractivity contribution >= 4 is 33.5 Å². The number of carbonyl (C=O) groups excluding carboxylic acids is 1. The molecule has 3 aromatic carbocycles. The van der Waals surface area contributed by atoms with Gasteiger partial charge in [0.05, 0.1) is 10.6 Å². The number of nitrogens with one attached hydrogen (secondary N) is 2. The van der Waals surface area contributed by atoms with Crippen molar-refractivity contribution < 1.29 is 13.2 Å². The fraction of sp³-hybridized carbons (Fsp3) is 0.130. The highest BCUT2D eigenvalue weighted by Crippen LogP contribution is 2.22. The molecular weight excluding hydrogens is 412 g/mol. The monoisotopic (exact) mass is 438 g/mol. The number of sulfonamides is 1. The maximum Gasteiger partial charge on any atom is 0.238 e. The number of nitrogens with two attached hydrogens (primary N) is 2. The molecule has 0 fully saturated rings. The van der Waals surface area contributed by atoms with Crippen molar-refractivity contribution in [1.29, 1.82) is 5.41 Å². The first-order valence-corrected chi connectivity index (χ1v) is 11.1. The summed E-state index contributed by atoms with van der Waals surface area (Å²) in [6.07, 6.45) is 1.65. The van der Waals surface area contributed by atoms with Gasteiger partial charge in [0.2, 0.25) is 16.4 Å². The van der Waals surface area contributed by atoms with Crippen molar-refractivity contribution in [2.45, 2.75) is 25.2 Å². The average Bonchev–Trinajstić information content (AvgIpc) is 2.75. The number of rotatable bonds is 6. The lowest BCUT2D eigenvalue weighted by molar-refractivity contribution is -0.105. The minimum Gasteiger partial charge on any atom is -0.398 e. The Morgan fingerprint density at radius 3 is 2.32 bits per heavy atom. The van der Waals surface area contributed by atoms with E-state index in [0.29, 0.717) is 28.9 Å². The summed E-state index contributed by atoms with van der Waals surface area (Å²) in [5, 5.41) is 15.8. The quantitative estimate of drug-likeness (QED) is 0.266. The molecule has 0 aromatic heterocycles. The van der Waals surface area contributed by atoms with Crippen molar-refractivity contribution in [2.24, 2.45) is 5.14 Å². The molecule has 3 aromatic rings. The van der Waals surface area contributed by atoms with Gasteiger partial charge in [0.25, 0.3) is 0 Å². The van der Waals surface area contributed by atoms with E-state index in [1.54, 1.807) is 18.2 Å².